The number of aliphatic hydroxyl groups is 1. The number of alkyl halides is 2. The molecule has 0 radical (unpaired) electrons. The Morgan fingerprint density at radius 2 is 1.68 bits per heavy atom. The Hall–Kier alpha value is -1.08. The molecule has 1 atom stereocenters. The van der Waals surface area contributed by atoms with Gasteiger partial charge in [-0.3, -0.25) is 4.79 Å². The van der Waals surface area contributed by atoms with E-state index in [9.17, 15) is 23.5 Å². The van der Waals surface area contributed by atoms with Crippen molar-refractivity contribution in [2.45, 2.75) is 70.8 Å². The lowest BCUT2D eigenvalue weighted by atomic mass is 9.43. The topological polar surface area (TPSA) is 72.8 Å². The fourth-order valence-electron chi connectivity index (χ4n) is 6.19. The van der Waals surface area contributed by atoms with Crippen LogP contribution in [0.4, 0.5) is 8.78 Å². The molecule has 160 valence electrons. The van der Waals surface area contributed by atoms with Crippen molar-refractivity contribution >= 4 is 11.8 Å². The molecule has 7 heteroatoms. The lowest BCUT2D eigenvalue weighted by molar-refractivity contribution is -0.173. The normalized spacial score (nSPS) is 35.0. The van der Waals surface area contributed by atoms with Crippen molar-refractivity contribution in [3.8, 4) is 0 Å². The number of hydrogen-bond donors (Lipinski definition) is 1. The first-order valence-corrected chi connectivity index (χ1v) is 10.5. The first-order chi connectivity index (χ1) is 13.1. The number of Topliss-reactive ketones (excluding diaryl/α,β-unsaturated/α-hetero) is 1. The van der Waals surface area contributed by atoms with E-state index in [0.717, 1.165) is 18.3 Å². The molecule has 0 aliphatic heterocycles. The third kappa shape index (κ3) is 4.56. The van der Waals surface area contributed by atoms with Gasteiger partial charge in [0.2, 0.25) is 0 Å². The van der Waals surface area contributed by atoms with Gasteiger partial charge in [-0.15, -0.1) is 0 Å². The van der Waals surface area contributed by atoms with Gasteiger partial charge in [-0.1, -0.05) is 6.92 Å². The molecule has 4 fully saturated rings. The third-order valence-corrected chi connectivity index (χ3v) is 7.29. The molecule has 4 saturated carbocycles. The van der Waals surface area contributed by atoms with Crippen LogP contribution in [0.15, 0.2) is 0 Å². The molecule has 1 N–H and O–H groups in total. The summed E-state index contributed by atoms with van der Waals surface area (Å²) in [5.74, 6) is -2.28. The van der Waals surface area contributed by atoms with E-state index in [1.54, 1.807) is 0 Å². The monoisotopic (exact) mass is 402 g/mol. The van der Waals surface area contributed by atoms with Crippen molar-refractivity contribution in [3.63, 3.8) is 0 Å². The number of aliphatic hydroxyl groups excluding tert-OH is 1. The van der Waals surface area contributed by atoms with Crippen molar-refractivity contribution in [1.29, 1.82) is 0 Å². The van der Waals surface area contributed by atoms with Gasteiger partial charge in [0.05, 0.1) is 6.61 Å². The zero-order valence-corrected chi connectivity index (χ0v) is 16.8. The summed E-state index contributed by atoms with van der Waals surface area (Å²) in [6, 6.07) is 0. The molecule has 0 amide bonds. The second kappa shape index (κ2) is 8.34. The van der Waals surface area contributed by atoms with Crippen LogP contribution in [-0.2, 0) is 19.1 Å². The SMILES string of the molecule is CCC1(CC(=O)COCC(O)COC(=O)C(C)(F)F)C2CC3CC(C2)CC1C3. The van der Waals surface area contributed by atoms with Crippen LogP contribution in [0.2, 0.25) is 0 Å². The van der Waals surface area contributed by atoms with Gasteiger partial charge in [-0.2, -0.15) is 8.78 Å². The molecule has 4 aliphatic carbocycles. The molecule has 0 aromatic carbocycles. The van der Waals surface area contributed by atoms with E-state index in [-0.39, 0.29) is 24.4 Å². The number of halogens is 2. The van der Waals surface area contributed by atoms with Gasteiger partial charge in [0, 0.05) is 13.3 Å². The number of carbonyl (C=O) groups is 2. The van der Waals surface area contributed by atoms with Crippen molar-refractivity contribution in [1.82, 2.24) is 0 Å². The standard InChI is InChI=1S/C21H32F2O5/c1-3-21(15-5-13-4-14(7-15)8-16(21)6-13)9-17(24)10-27-11-18(25)12-28-19(26)20(2,22)23/h13-16,18,25H,3-12H2,1-2H3. The van der Waals surface area contributed by atoms with E-state index in [1.165, 1.54) is 32.1 Å². The van der Waals surface area contributed by atoms with Crippen molar-refractivity contribution in [3.05, 3.63) is 0 Å². The van der Waals surface area contributed by atoms with E-state index >= 15 is 0 Å². The summed E-state index contributed by atoms with van der Waals surface area (Å²) in [7, 11) is 0. The second-order valence-electron chi connectivity index (χ2n) is 9.26. The number of rotatable bonds is 10. The molecular weight excluding hydrogens is 370 g/mol. The number of carbonyl (C=O) groups excluding carboxylic acids is 2. The molecular formula is C21H32F2O5. The summed E-state index contributed by atoms with van der Waals surface area (Å²) < 4.78 is 35.0. The lowest BCUT2D eigenvalue weighted by Crippen LogP contribution is -2.53. The summed E-state index contributed by atoms with van der Waals surface area (Å²) in [5, 5.41) is 9.70. The van der Waals surface area contributed by atoms with E-state index < -0.39 is 24.6 Å². The first kappa shape index (κ1) is 21.6. The van der Waals surface area contributed by atoms with E-state index in [0.29, 0.717) is 25.2 Å². The van der Waals surface area contributed by atoms with Gasteiger partial charge >= 0.3 is 11.9 Å². The van der Waals surface area contributed by atoms with Gasteiger partial charge in [-0.25, -0.2) is 4.79 Å². The van der Waals surface area contributed by atoms with E-state index in [2.05, 4.69) is 11.7 Å². The van der Waals surface area contributed by atoms with Crippen LogP contribution in [0.5, 0.6) is 0 Å². The Morgan fingerprint density at radius 3 is 2.18 bits per heavy atom. The van der Waals surface area contributed by atoms with Crippen LogP contribution in [0, 0.1) is 29.1 Å². The Morgan fingerprint density at radius 1 is 1.11 bits per heavy atom. The zero-order chi connectivity index (χ0) is 20.5. The summed E-state index contributed by atoms with van der Waals surface area (Å²) in [5.41, 5.74) is 0.0920. The Labute approximate surface area is 165 Å². The highest BCUT2D eigenvalue weighted by Gasteiger charge is 2.56. The average Bonchev–Trinajstić information content (AvgIpc) is 2.61. The van der Waals surface area contributed by atoms with Gasteiger partial charge in [0.15, 0.2) is 5.78 Å². The lowest BCUT2D eigenvalue weighted by Gasteiger charge is -2.61. The molecule has 0 aromatic rings. The van der Waals surface area contributed by atoms with Crippen LogP contribution >= 0.6 is 0 Å². The molecule has 5 nitrogen and oxygen atoms in total. The summed E-state index contributed by atoms with van der Waals surface area (Å²) in [6.45, 7) is 1.71. The smallest absolute Gasteiger partial charge is 0.376 e. The quantitative estimate of drug-likeness (QED) is 0.567. The fraction of sp³-hybridized carbons (Fsp3) is 0.905. The molecule has 28 heavy (non-hydrogen) atoms. The van der Waals surface area contributed by atoms with Gasteiger partial charge in [0.25, 0.3) is 0 Å². The predicted molar refractivity (Wildman–Crippen MR) is 97.8 cm³/mol. The predicted octanol–water partition coefficient (Wildman–Crippen LogP) is 3.37. The maximum absolute atomic E-state index is 12.7. The Bertz CT molecular complexity index is 558. The maximum Gasteiger partial charge on any atom is 0.376 e. The largest absolute Gasteiger partial charge is 0.458 e. The van der Waals surface area contributed by atoms with Crippen molar-refractivity contribution < 1.29 is 33.0 Å². The van der Waals surface area contributed by atoms with Gasteiger partial charge in [-0.05, 0) is 67.6 Å². The van der Waals surface area contributed by atoms with Crippen molar-refractivity contribution in [2.24, 2.45) is 29.1 Å². The fourth-order valence-corrected chi connectivity index (χ4v) is 6.19. The number of ether oxygens (including phenoxy) is 2. The van der Waals surface area contributed by atoms with Crippen molar-refractivity contribution in [2.75, 3.05) is 19.8 Å². The minimum Gasteiger partial charge on any atom is -0.458 e. The maximum atomic E-state index is 12.7. The molecule has 0 heterocycles. The minimum absolute atomic E-state index is 0.0265. The molecule has 0 saturated heterocycles. The highest BCUT2D eigenvalue weighted by Crippen LogP contribution is 2.64. The molecule has 0 aromatic heterocycles. The molecule has 4 aliphatic rings. The second-order valence-corrected chi connectivity index (χ2v) is 9.26. The van der Waals surface area contributed by atoms with Crippen LogP contribution in [0.3, 0.4) is 0 Å². The Kier molecular flexibility index (Phi) is 6.44. The van der Waals surface area contributed by atoms with E-state index in [4.69, 9.17) is 4.74 Å². The number of esters is 1. The van der Waals surface area contributed by atoms with Crippen LogP contribution < -0.4 is 0 Å². The number of ketones is 1. The van der Waals surface area contributed by atoms with Crippen LogP contribution in [0.1, 0.15) is 58.8 Å². The zero-order valence-electron chi connectivity index (χ0n) is 16.8. The Balaban J connectivity index is 1.42. The number of hydrogen-bond acceptors (Lipinski definition) is 5. The highest BCUT2D eigenvalue weighted by molar-refractivity contribution is 5.80. The van der Waals surface area contributed by atoms with Gasteiger partial charge < -0.3 is 14.6 Å². The molecule has 4 bridgehead atoms. The summed E-state index contributed by atoms with van der Waals surface area (Å²) >= 11 is 0. The average molecular weight is 402 g/mol. The first-order valence-electron chi connectivity index (χ1n) is 10.5. The third-order valence-electron chi connectivity index (χ3n) is 7.29. The molecule has 4 rings (SSSR count). The summed E-state index contributed by atoms with van der Waals surface area (Å²) in [6.07, 6.45) is 6.67. The highest BCUT2D eigenvalue weighted by atomic mass is 19.3. The summed E-state index contributed by atoms with van der Waals surface area (Å²) in [4.78, 5) is 23.6. The van der Waals surface area contributed by atoms with E-state index in [1.807, 2.05) is 0 Å². The van der Waals surface area contributed by atoms with Crippen LogP contribution in [0.25, 0.3) is 0 Å². The molecule has 1 unspecified atom stereocenters. The van der Waals surface area contributed by atoms with Gasteiger partial charge in [0.1, 0.15) is 19.3 Å². The minimum atomic E-state index is -3.59. The van der Waals surface area contributed by atoms with Crippen LogP contribution in [-0.4, -0.2) is 48.7 Å². The molecule has 0 spiro atoms.